The lowest BCUT2D eigenvalue weighted by Gasteiger charge is -2.29. The zero-order chi connectivity index (χ0) is 20.9. The van der Waals surface area contributed by atoms with E-state index in [9.17, 15) is 9.59 Å². The Hall–Kier alpha value is -3.19. The highest BCUT2D eigenvalue weighted by Crippen LogP contribution is 2.28. The number of hydrogen-bond acceptors (Lipinski definition) is 4. The number of aromatic nitrogens is 2. The van der Waals surface area contributed by atoms with E-state index < -0.39 is 0 Å². The first-order valence-electron chi connectivity index (χ1n) is 10.0. The van der Waals surface area contributed by atoms with E-state index >= 15 is 0 Å². The summed E-state index contributed by atoms with van der Waals surface area (Å²) in [6.07, 6.45) is 6.68. The van der Waals surface area contributed by atoms with E-state index in [4.69, 9.17) is 10.8 Å². The minimum absolute atomic E-state index is 0.0501. The van der Waals surface area contributed by atoms with Crippen LogP contribution in [0, 0.1) is 5.92 Å². The molecule has 2 amide bonds. The highest BCUT2D eigenvalue weighted by molar-refractivity contribution is 7.13. The third-order valence-corrected chi connectivity index (χ3v) is 6.22. The molecule has 0 spiro atoms. The molecule has 7 heteroatoms. The van der Waals surface area contributed by atoms with E-state index in [1.54, 1.807) is 22.3 Å². The number of primary amides is 1. The molecule has 0 unspecified atom stereocenters. The van der Waals surface area contributed by atoms with Gasteiger partial charge in [-0.05, 0) is 35.9 Å². The van der Waals surface area contributed by atoms with Crippen LogP contribution in [0.4, 0.5) is 0 Å². The number of carbonyl (C=O) groups excluding carboxylic acids is 2. The van der Waals surface area contributed by atoms with Crippen molar-refractivity contribution < 1.29 is 9.59 Å². The van der Waals surface area contributed by atoms with Gasteiger partial charge in [-0.1, -0.05) is 36.4 Å². The number of benzene rings is 1. The van der Waals surface area contributed by atoms with Gasteiger partial charge >= 0.3 is 0 Å². The van der Waals surface area contributed by atoms with Crippen LogP contribution in [0.15, 0.2) is 60.1 Å². The average molecular weight is 421 g/mol. The highest BCUT2D eigenvalue weighted by atomic mass is 32.1. The van der Waals surface area contributed by atoms with E-state index in [0.717, 1.165) is 16.1 Å². The summed E-state index contributed by atoms with van der Waals surface area (Å²) in [7, 11) is 0. The van der Waals surface area contributed by atoms with Crippen LogP contribution in [0.1, 0.15) is 24.0 Å². The molecule has 2 N–H and O–H groups in total. The molecule has 1 aliphatic heterocycles. The fourth-order valence-electron chi connectivity index (χ4n) is 3.67. The Balaban J connectivity index is 1.51. The molecule has 1 fully saturated rings. The minimum atomic E-state index is -0.274. The normalized spacial score (nSPS) is 15.0. The zero-order valence-corrected chi connectivity index (χ0v) is 17.4. The molecular formula is C23H24N4O2S. The number of carbonyl (C=O) groups is 2. The smallest absolute Gasteiger partial charge is 0.246 e. The summed E-state index contributed by atoms with van der Waals surface area (Å²) >= 11 is 1.63. The van der Waals surface area contributed by atoms with Gasteiger partial charge in [0.2, 0.25) is 11.8 Å². The maximum absolute atomic E-state index is 12.6. The van der Waals surface area contributed by atoms with Crippen molar-refractivity contribution >= 4 is 29.2 Å². The molecule has 0 saturated carbocycles. The number of nitrogens with zero attached hydrogens (tertiary/aromatic N) is 3. The SMILES string of the molecule is NC(=O)C1CCN(C(=O)/C=C/c2cn(Cc3ccccc3)nc2-c2cccs2)CC1. The van der Waals surface area contributed by atoms with Crippen molar-refractivity contribution in [1.82, 2.24) is 14.7 Å². The van der Waals surface area contributed by atoms with Gasteiger partial charge in [0.25, 0.3) is 0 Å². The molecule has 6 nitrogen and oxygen atoms in total. The van der Waals surface area contributed by atoms with Crippen LogP contribution in [-0.2, 0) is 16.1 Å². The second-order valence-corrected chi connectivity index (χ2v) is 8.38. The van der Waals surface area contributed by atoms with Crippen LogP contribution < -0.4 is 5.73 Å². The average Bonchev–Trinajstić information content (AvgIpc) is 3.42. The van der Waals surface area contributed by atoms with Crippen LogP contribution >= 0.6 is 11.3 Å². The lowest BCUT2D eigenvalue weighted by Crippen LogP contribution is -2.41. The molecule has 0 aliphatic carbocycles. The molecule has 4 rings (SSSR count). The van der Waals surface area contributed by atoms with Crippen LogP contribution in [-0.4, -0.2) is 39.6 Å². The number of nitrogens with two attached hydrogens (primary N) is 1. The molecule has 3 heterocycles. The fourth-order valence-corrected chi connectivity index (χ4v) is 4.40. The summed E-state index contributed by atoms with van der Waals surface area (Å²) < 4.78 is 1.91. The molecule has 2 aromatic heterocycles. The van der Waals surface area contributed by atoms with Crippen molar-refractivity contribution in [3.63, 3.8) is 0 Å². The molecule has 3 aromatic rings. The first-order valence-corrected chi connectivity index (χ1v) is 10.9. The number of likely N-dealkylation sites (tertiary alicyclic amines) is 1. The van der Waals surface area contributed by atoms with E-state index in [1.165, 1.54) is 5.56 Å². The van der Waals surface area contributed by atoms with Crippen molar-refractivity contribution in [1.29, 1.82) is 0 Å². The highest BCUT2D eigenvalue weighted by Gasteiger charge is 2.24. The van der Waals surface area contributed by atoms with Gasteiger partial charge in [-0.25, -0.2) is 0 Å². The second-order valence-electron chi connectivity index (χ2n) is 7.43. The van der Waals surface area contributed by atoms with Gasteiger partial charge in [0.15, 0.2) is 0 Å². The third-order valence-electron chi connectivity index (χ3n) is 5.35. The number of thiophene rings is 1. The standard InChI is InChI=1S/C23H24N4O2S/c24-23(29)18-10-12-26(13-11-18)21(28)9-8-19-16-27(15-17-5-2-1-3-6-17)25-22(19)20-7-4-14-30-20/h1-9,14,16,18H,10-13,15H2,(H2,24,29)/b9-8+. The predicted molar refractivity (Wildman–Crippen MR) is 119 cm³/mol. The van der Waals surface area contributed by atoms with Crippen molar-refractivity contribution in [2.24, 2.45) is 11.7 Å². The molecule has 1 aliphatic rings. The molecule has 1 saturated heterocycles. The van der Waals surface area contributed by atoms with E-state index in [2.05, 4.69) is 12.1 Å². The van der Waals surface area contributed by atoms with Gasteiger partial charge < -0.3 is 10.6 Å². The molecule has 0 bridgehead atoms. The number of hydrogen-bond donors (Lipinski definition) is 1. The Morgan fingerprint density at radius 1 is 1.13 bits per heavy atom. The molecule has 0 atom stereocenters. The number of rotatable bonds is 6. The molecule has 0 radical (unpaired) electrons. The summed E-state index contributed by atoms with van der Waals surface area (Å²) in [6, 6.07) is 14.2. The third kappa shape index (κ3) is 4.68. The maximum Gasteiger partial charge on any atom is 0.246 e. The number of amides is 2. The first kappa shape index (κ1) is 20.1. The van der Waals surface area contributed by atoms with Crippen molar-refractivity contribution in [3.8, 4) is 10.6 Å². The van der Waals surface area contributed by atoms with Crippen LogP contribution in [0.5, 0.6) is 0 Å². The summed E-state index contributed by atoms with van der Waals surface area (Å²) in [6.45, 7) is 1.78. The Morgan fingerprint density at radius 2 is 1.90 bits per heavy atom. The van der Waals surface area contributed by atoms with Crippen molar-refractivity contribution in [2.75, 3.05) is 13.1 Å². The lowest BCUT2D eigenvalue weighted by atomic mass is 9.96. The van der Waals surface area contributed by atoms with Gasteiger partial charge in [0, 0.05) is 36.8 Å². The lowest BCUT2D eigenvalue weighted by molar-refractivity contribution is -0.130. The monoisotopic (exact) mass is 420 g/mol. The van der Waals surface area contributed by atoms with Gasteiger partial charge in [0.05, 0.1) is 11.4 Å². The largest absolute Gasteiger partial charge is 0.369 e. The van der Waals surface area contributed by atoms with Crippen LogP contribution in [0.3, 0.4) is 0 Å². The van der Waals surface area contributed by atoms with E-state index in [0.29, 0.717) is 32.5 Å². The van der Waals surface area contributed by atoms with Crippen LogP contribution in [0.25, 0.3) is 16.6 Å². The maximum atomic E-state index is 12.6. The molecular weight excluding hydrogens is 396 g/mol. The molecule has 1 aromatic carbocycles. The number of piperidine rings is 1. The Bertz CT molecular complexity index is 1030. The van der Waals surface area contributed by atoms with E-state index in [-0.39, 0.29) is 17.7 Å². The van der Waals surface area contributed by atoms with Crippen LogP contribution in [0.2, 0.25) is 0 Å². The topological polar surface area (TPSA) is 81.2 Å². The second kappa shape index (κ2) is 9.09. The Morgan fingerprint density at radius 3 is 2.57 bits per heavy atom. The van der Waals surface area contributed by atoms with Crippen molar-refractivity contribution in [2.45, 2.75) is 19.4 Å². The summed E-state index contributed by atoms with van der Waals surface area (Å²) in [5.41, 5.74) is 8.33. The Labute approximate surface area is 179 Å². The van der Waals surface area contributed by atoms with Gasteiger partial charge in [-0.3, -0.25) is 14.3 Å². The van der Waals surface area contributed by atoms with Gasteiger partial charge in [-0.15, -0.1) is 11.3 Å². The predicted octanol–water partition coefficient (Wildman–Crippen LogP) is 3.40. The zero-order valence-electron chi connectivity index (χ0n) is 16.6. The van der Waals surface area contributed by atoms with Gasteiger partial charge in [0.1, 0.15) is 5.69 Å². The summed E-state index contributed by atoms with van der Waals surface area (Å²) in [5, 5.41) is 6.79. The van der Waals surface area contributed by atoms with Gasteiger partial charge in [-0.2, -0.15) is 5.10 Å². The first-order chi connectivity index (χ1) is 14.6. The summed E-state index contributed by atoms with van der Waals surface area (Å²) in [5.74, 6) is -0.449. The van der Waals surface area contributed by atoms with Crippen molar-refractivity contribution in [3.05, 3.63) is 71.2 Å². The molecule has 30 heavy (non-hydrogen) atoms. The fraction of sp³-hybridized carbons (Fsp3) is 0.261. The Kier molecular flexibility index (Phi) is 6.09. The summed E-state index contributed by atoms with van der Waals surface area (Å²) in [4.78, 5) is 26.8. The quantitative estimate of drug-likeness (QED) is 0.621. The van der Waals surface area contributed by atoms with E-state index in [1.807, 2.05) is 52.7 Å². The minimum Gasteiger partial charge on any atom is -0.369 e. The molecule has 154 valence electrons.